The number of carbonyl (C=O) groups is 2. The first-order chi connectivity index (χ1) is 9.95. The Kier molecular flexibility index (Phi) is 5.28. The van der Waals surface area contributed by atoms with Gasteiger partial charge in [-0.25, -0.2) is 0 Å². The normalized spacial score (nSPS) is 18.4. The molecule has 1 unspecified atom stereocenters. The summed E-state index contributed by atoms with van der Waals surface area (Å²) < 4.78 is 5.67. The molecule has 1 aromatic rings. The van der Waals surface area contributed by atoms with Gasteiger partial charge in [-0.3, -0.25) is 9.59 Å². The highest BCUT2D eigenvalue weighted by atomic mass is 32.2. The molecule has 21 heavy (non-hydrogen) atoms. The number of rotatable bonds is 5. The molecule has 1 aromatic carbocycles. The number of thioether (sulfide) groups is 1. The van der Waals surface area contributed by atoms with Crippen LogP contribution in [0.3, 0.4) is 0 Å². The zero-order chi connectivity index (χ0) is 15.4. The number of hydrogen-bond acceptors (Lipinski definition) is 4. The minimum atomic E-state index is 0.105. The lowest BCUT2D eigenvalue weighted by molar-refractivity contribution is -0.117. The van der Waals surface area contributed by atoms with E-state index in [2.05, 4.69) is 0 Å². The van der Waals surface area contributed by atoms with E-state index in [0.717, 1.165) is 11.4 Å². The Hall–Kier alpha value is -1.49. The van der Waals surface area contributed by atoms with Crippen LogP contribution in [-0.2, 0) is 9.59 Å². The van der Waals surface area contributed by atoms with E-state index in [0.29, 0.717) is 18.7 Å². The van der Waals surface area contributed by atoms with E-state index in [9.17, 15) is 9.59 Å². The second kappa shape index (κ2) is 6.98. The summed E-state index contributed by atoms with van der Waals surface area (Å²) in [5, 5.41) is 0.105. The van der Waals surface area contributed by atoms with Crippen molar-refractivity contribution in [3.63, 3.8) is 0 Å². The number of benzene rings is 1. The number of nitrogens with zero attached hydrogens (tertiary/aromatic N) is 1. The molecule has 1 aliphatic rings. The minimum absolute atomic E-state index is 0.105. The summed E-state index contributed by atoms with van der Waals surface area (Å²) >= 11 is 1.30. The van der Waals surface area contributed by atoms with Gasteiger partial charge in [-0.1, -0.05) is 17.8 Å². The lowest BCUT2D eigenvalue weighted by Crippen LogP contribution is -2.24. The van der Waals surface area contributed by atoms with Crippen molar-refractivity contribution in [2.24, 2.45) is 5.92 Å². The van der Waals surface area contributed by atoms with Crippen molar-refractivity contribution in [2.45, 2.75) is 33.3 Å². The molecule has 1 saturated heterocycles. The smallest absolute Gasteiger partial charge is 0.227 e. The van der Waals surface area contributed by atoms with Crippen LogP contribution in [0, 0.1) is 5.92 Å². The summed E-state index contributed by atoms with van der Waals surface area (Å²) in [5.41, 5.74) is 0.869. The van der Waals surface area contributed by atoms with Crippen LogP contribution in [0.15, 0.2) is 24.3 Å². The number of ether oxygens (including phenoxy) is 1. The van der Waals surface area contributed by atoms with E-state index in [-0.39, 0.29) is 23.0 Å². The zero-order valence-electron chi connectivity index (χ0n) is 12.7. The van der Waals surface area contributed by atoms with E-state index < -0.39 is 0 Å². The molecular weight excluding hydrogens is 286 g/mol. The van der Waals surface area contributed by atoms with Crippen LogP contribution in [0.2, 0.25) is 0 Å². The molecule has 4 nitrogen and oxygen atoms in total. The molecule has 1 fully saturated rings. The molecule has 0 aliphatic carbocycles. The first-order valence-electron chi connectivity index (χ1n) is 7.16. The summed E-state index contributed by atoms with van der Waals surface area (Å²) in [5.74, 6) is 1.84. The fourth-order valence-electron chi connectivity index (χ4n) is 2.37. The molecular formula is C16H21NO3S. The van der Waals surface area contributed by atoms with Crippen molar-refractivity contribution in [1.29, 1.82) is 0 Å². The third kappa shape index (κ3) is 4.49. The summed E-state index contributed by atoms with van der Waals surface area (Å²) in [6.07, 6.45) is 0.615. The van der Waals surface area contributed by atoms with Crippen molar-refractivity contribution >= 4 is 28.5 Å². The van der Waals surface area contributed by atoms with E-state index in [1.165, 1.54) is 11.8 Å². The summed E-state index contributed by atoms with van der Waals surface area (Å²) in [4.78, 5) is 25.0. The predicted molar refractivity (Wildman–Crippen MR) is 85.8 cm³/mol. The molecule has 1 heterocycles. The van der Waals surface area contributed by atoms with Crippen LogP contribution >= 0.6 is 11.8 Å². The van der Waals surface area contributed by atoms with Crippen LogP contribution < -0.4 is 9.64 Å². The predicted octanol–water partition coefficient (Wildman–Crippen LogP) is 3.11. The molecule has 1 amide bonds. The topological polar surface area (TPSA) is 46.6 Å². The van der Waals surface area contributed by atoms with E-state index in [4.69, 9.17) is 4.74 Å². The maximum atomic E-state index is 12.2. The third-order valence-corrected chi connectivity index (χ3v) is 4.27. The van der Waals surface area contributed by atoms with Crippen LogP contribution in [0.1, 0.15) is 27.2 Å². The van der Waals surface area contributed by atoms with Gasteiger partial charge in [-0.15, -0.1) is 0 Å². The van der Waals surface area contributed by atoms with Gasteiger partial charge in [0.15, 0.2) is 5.12 Å². The first-order valence-corrected chi connectivity index (χ1v) is 8.14. The van der Waals surface area contributed by atoms with Crippen molar-refractivity contribution in [3.05, 3.63) is 24.3 Å². The fraction of sp³-hybridized carbons (Fsp3) is 0.500. The Labute approximate surface area is 129 Å². The Morgan fingerprint density at radius 3 is 2.90 bits per heavy atom. The van der Waals surface area contributed by atoms with Crippen molar-refractivity contribution in [3.8, 4) is 5.75 Å². The standard InChI is InChI=1S/C16H21NO3S/c1-11(2)20-15-6-4-5-14(8-15)17-9-13(7-16(17)19)10-21-12(3)18/h4-6,8,11,13H,7,9-10H2,1-3H3. The van der Waals surface area contributed by atoms with E-state index in [1.807, 2.05) is 38.1 Å². The lowest BCUT2D eigenvalue weighted by Gasteiger charge is -2.18. The van der Waals surface area contributed by atoms with Gasteiger partial charge in [0.25, 0.3) is 0 Å². The maximum absolute atomic E-state index is 12.2. The van der Waals surface area contributed by atoms with Crippen LogP contribution in [0.25, 0.3) is 0 Å². The van der Waals surface area contributed by atoms with Gasteiger partial charge in [0.1, 0.15) is 5.75 Å². The Balaban J connectivity index is 2.04. The van der Waals surface area contributed by atoms with Gasteiger partial charge in [0.05, 0.1) is 6.10 Å². The zero-order valence-corrected chi connectivity index (χ0v) is 13.5. The largest absolute Gasteiger partial charge is 0.491 e. The van der Waals surface area contributed by atoms with Crippen molar-refractivity contribution in [1.82, 2.24) is 0 Å². The molecule has 0 bridgehead atoms. The fourth-order valence-corrected chi connectivity index (χ4v) is 3.07. The molecule has 0 radical (unpaired) electrons. The second-order valence-corrected chi connectivity index (χ2v) is 6.74. The van der Waals surface area contributed by atoms with Gasteiger partial charge < -0.3 is 9.64 Å². The molecule has 0 N–H and O–H groups in total. The van der Waals surface area contributed by atoms with Gasteiger partial charge >= 0.3 is 0 Å². The van der Waals surface area contributed by atoms with Gasteiger partial charge in [-0.05, 0) is 31.9 Å². The van der Waals surface area contributed by atoms with Crippen LogP contribution in [0.4, 0.5) is 5.69 Å². The second-order valence-electron chi connectivity index (χ2n) is 5.54. The van der Waals surface area contributed by atoms with Gasteiger partial charge in [0.2, 0.25) is 5.91 Å². The molecule has 0 spiro atoms. The summed E-state index contributed by atoms with van der Waals surface area (Å²) in [6, 6.07) is 7.62. The lowest BCUT2D eigenvalue weighted by atomic mass is 10.1. The average Bonchev–Trinajstić information content (AvgIpc) is 2.77. The van der Waals surface area contributed by atoms with Crippen molar-refractivity contribution < 1.29 is 14.3 Å². The Morgan fingerprint density at radius 2 is 2.24 bits per heavy atom. The molecule has 1 aliphatic heterocycles. The number of amides is 1. The van der Waals surface area contributed by atoms with Crippen molar-refractivity contribution in [2.75, 3.05) is 17.2 Å². The summed E-state index contributed by atoms with van der Waals surface area (Å²) in [7, 11) is 0. The molecule has 114 valence electrons. The third-order valence-electron chi connectivity index (χ3n) is 3.23. The molecule has 0 aromatic heterocycles. The Bertz CT molecular complexity index is 530. The summed E-state index contributed by atoms with van der Waals surface area (Å²) in [6.45, 7) is 6.18. The van der Waals surface area contributed by atoms with Crippen LogP contribution in [-0.4, -0.2) is 29.4 Å². The highest BCUT2D eigenvalue weighted by Gasteiger charge is 2.30. The van der Waals surface area contributed by atoms with E-state index >= 15 is 0 Å². The highest BCUT2D eigenvalue weighted by Crippen LogP contribution is 2.29. The number of anilines is 1. The van der Waals surface area contributed by atoms with E-state index in [1.54, 1.807) is 11.8 Å². The molecule has 2 rings (SSSR count). The number of hydrogen-bond donors (Lipinski definition) is 0. The Morgan fingerprint density at radius 1 is 1.48 bits per heavy atom. The molecule has 5 heteroatoms. The highest BCUT2D eigenvalue weighted by molar-refractivity contribution is 8.13. The quantitative estimate of drug-likeness (QED) is 0.838. The minimum Gasteiger partial charge on any atom is -0.491 e. The molecule has 1 atom stereocenters. The van der Waals surface area contributed by atoms with Crippen LogP contribution in [0.5, 0.6) is 5.75 Å². The monoisotopic (exact) mass is 307 g/mol. The average molecular weight is 307 g/mol. The number of carbonyl (C=O) groups excluding carboxylic acids is 2. The first kappa shape index (κ1) is 15.9. The molecule has 0 saturated carbocycles. The SMILES string of the molecule is CC(=O)SCC1CC(=O)N(c2cccc(OC(C)C)c2)C1. The van der Waals surface area contributed by atoms with Gasteiger partial charge in [-0.2, -0.15) is 0 Å². The maximum Gasteiger partial charge on any atom is 0.227 e. The van der Waals surface area contributed by atoms with Gasteiger partial charge in [0, 0.05) is 37.4 Å².